The second-order valence-electron chi connectivity index (χ2n) is 7.98. The molecule has 1 aromatic heterocycles. The zero-order valence-electron chi connectivity index (χ0n) is 17.9. The fourth-order valence-electron chi connectivity index (χ4n) is 3.68. The first-order valence-electron chi connectivity index (χ1n) is 10.2. The fourth-order valence-corrected chi connectivity index (χ4v) is 6.49. The van der Waals surface area contributed by atoms with Crippen LogP contribution in [0, 0.1) is 0 Å². The minimum atomic E-state index is -4.65. The summed E-state index contributed by atoms with van der Waals surface area (Å²) in [5, 5.41) is 0. The number of thiophene rings is 1. The van der Waals surface area contributed by atoms with Crippen molar-refractivity contribution in [1.82, 2.24) is 4.90 Å². The standard InChI is InChI=1S/C22H21ClF3N3O3S2/c1-29-8-7-16(12-29)32-19-10-15(5-6-18(19)22(24,25)26)28-34(30,31)20-11-17(21(23)33-20)13-3-2-4-14(27)9-13/h2-6,9-11,16,28H,7-8,12,27H2,1H3. The molecule has 1 fully saturated rings. The number of nitrogen functional groups attached to an aromatic ring is 1. The molecule has 0 aliphatic carbocycles. The molecule has 3 aromatic rings. The van der Waals surface area contributed by atoms with E-state index in [0.29, 0.717) is 36.3 Å². The predicted octanol–water partition coefficient (Wildman–Crippen LogP) is 5.55. The molecule has 2 aromatic carbocycles. The quantitative estimate of drug-likeness (QED) is 0.407. The molecule has 4 rings (SSSR count). The summed E-state index contributed by atoms with van der Waals surface area (Å²) in [6.45, 7) is 1.18. The Balaban J connectivity index is 1.63. The monoisotopic (exact) mass is 531 g/mol. The van der Waals surface area contributed by atoms with Crippen molar-refractivity contribution in [3.05, 3.63) is 58.4 Å². The molecule has 1 atom stereocenters. The molecule has 1 aliphatic heterocycles. The van der Waals surface area contributed by atoms with Crippen LogP contribution in [0.15, 0.2) is 52.7 Å². The summed E-state index contributed by atoms with van der Waals surface area (Å²) in [5.41, 5.74) is 6.41. The summed E-state index contributed by atoms with van der Waals surface area (Å²) < 4.78 is 74.7. The number of nitrogens with zero attached hydrogens (tertiary/aromatic N) is 1. The molecule has 12 heteroatoms. The van der Waals surface area contributed by atoms with E-state index in [0.717, 1.165) is 29.5 Å². The van der Waals surface area contributed by atoms with E-state index in [4.69, 9.17) is 22.1 Å². The van der Waals surface area contributed by atoms with Crippen LogP contribution in [0.25, 0.3) is 11.1 Å². The molecule has 3 N–H and O–H groups in total. The summed E-state index contributed by atoms with van der Waals surface area (Å²) in [4.78, 5) is 1.95. The third-order valence-electron chi connectivity index (χ3n) is 5.31. The lowest BCUT2D eigenvalue weighted by Crippen LogP contribution is -2.23. The van der Waals surface area contributed by atoms with E-state index in [1.54, 1.807) is 24.3 Å². The Bertz CT molecular complexity index is 1310. The van der Waals surface area contributed by atoms with E-state index in [9.17, 15) is 21.6 Å². The van der Waals surface area contributed by atoms with Gasteiger partial charge in [-0.3, -0.25) is 4.72 Å². The van der Waals surface area contributed by atoms with Gasteiger partial charge in [0.1, 0.15) is 20.4 Å². The second-order valence-corrected chi connectivity index (χ2v) is 11.5. The molecule has 1 unspecified atom stereocenters. The number of likely N-dealkylation sites (N-methyl/N-ethyl adjacent to an activating group) is 1. The van der Waals surface area contributed by atoms with Crippen LogP contribution in [-0.4, -0.2) is 39.6 Å². The highest BCUT2D eigenvalue weighted by Gasteiger charge is 2.36. The first kappa shape index (κ1) is 24.6. The van der Waals surface area contributed by atoms with Crippen molar-refractivity contribution in [2.24, 2.45) is 0 Å². The van der Waals surface area contributed by atoms with Crippen LogP contribution in [0.1, 0.15) is 12.0 Å². The second kappa shape index (κ2) is 9.29. The van der Waals surface area contributed by atoms with E-state index in [1.807, 2.05) is 11.9 Å². The molecule has 0 bridgehead atoms. The van der Waals surface area contributed by atoms with Crippen molar-refractivity contribution in [3.8, 4) is 16.9 Å². The molecule has 0 saturated carbocycles. The number of hydrogen-bond donors (Lipinski definition) is 2. The van der Waals surface area contributed by atoms with E-state index < -0.39 is 33.6 Å². The molecule has 34 heavy (non-hydrogen) atoms. The molecule has 0 radical (unpaired) electrons. The van der Waals surface area contributed by atoms with Gasteiger partial charge in [0.15, 0.2) is 0 Å². The Morgan fingerprint density at radius 3 is 2.62 bits per heavy atom. The maximum absolute atomic E-state index is 13.5. The first-order chi connectivity index (χ1) is 15.9. The maximum Gasteiger partial charge on any atom is 0.419 e. The number of sulfonamides is 1. The normalized spacial score (nSPS) is 17.1. The van der Waals surface area contributed by atoms with E-state index in [1.165, 1.54) is 6.07 Å². The number of rotatable bonds is 6. The van der Waals surface area contributed by atoms with Gasteiger partial charge in [0.05, 0.1) is 11.3 Å². The van der Waals surface area contributed by atoms with Gasteiger partial charge >= 0.3 is 6.18 Å². The van der Waals surface area contributed by atoms with Gasteiger partial charge in [0.2, 0.25) is 0 Å². The molecule has 6 nitrogen and oxygen atoms in total. The zero-order chi connectivity index (χ0) is 24.7. The minimum absolute atomic E-state index is 0.0515. The Morgan fingerprint density at radius 1 is 1.21 bits per heavy atom. The fraction of sp³-hybridized carbons (Fsp3) is 0.273. The number of anilines is 2. The maximum atomic E-state index is 13.5. The van der Waals surface area contributed by atoms with Gasteiger partial charge in [-0.15, -0.1) is 11.3 Å². The largest absolute Gasteiger partial charge is 0.488 e. The number of hydrogen-bond acceptors (Lipinski definition) is 6. The van der Waals surface area contributed by atoms with Gasteiger partial charge in [-0.05, 0) is 49.4 Å². The molecule has 182 valence electrons. The highest BCUT2D eigenvalue weighted by molar-refractivity contribution is 7.94. The van der Waals surface area contributed by atoms with Crippen LogP contribution in [0.5, 0.6) is 5.75 Å². The first-order valence-corrected chi connectivity index (χ1v) is 12.8. The van der Waals surface area contributed by atoms with Crippen LogP contribution < -0.4 is 15.2 Å². The van der Waals surface area contributed by atoms with Gasteiger partial charge in [0, 0.05) is 30.4 Å². The highest BCUT2D eigenvalue weighted by Crippen LogP contribution is 2.41. The third kappa shape index (κ3) is 5.43. The van der Waals surface area contributed by atoms with E-state index in [-0.39, 0.29) is 14.2 Å². The summed E-state index contributed by atoms with van der Waals surface area (Å²) in [6, 6.07) is 11.2. The lowest BCUT2D eigenvalue weighted by atomic mass is 10.1. The van der Waals surface area contributed by atoms with Crippen molar-refractivity contribution in [3.63, 3.8) is 0 Å². The zero-order valence-corrected chi connectivity index (χ0v) is 20.3. The van der Waals surface area contributed by atoms with Gasteiger partial charge in [0.25, 0.3) is 10.0 Å². The lowest BCUT2D eigenvalue weighted by Gasteiger charge is -2.19. The van der Waals surface area contributed by atoms with Crippen LogP contribution in [0.3, 0.4) is 0 Å². The Hall–Kier alpha value is -2.47. The van der Waals surface area contributed by atoms with Gasteiger partial charge in [-0.25, -0.2) is 8.42 Å². The molecular weight excluding hydrogens is 511 g/mol. The van der Waals surface area contributed by atoms with Crippen molar-refractivity contribution >= 4 is 44.3 Å². The number of nitrogens with one attached hydrogen (secondary N) is 1. The average Bonchev–Trinajstić information content (AvgIpc) is 3.32. The van der Waals surface area contributed by atoms with Gasteiger partial charge < -0.3 is 15.4 Å². The van der Waals surface area contributed by atoms with Crippen LogP contribution in [0.2, 0.25) is 4.34 Å². The van der Waals surface area contributed by atoms with Crippen molar-refractivity contribution in [2.75, 3.05) is 30.6 Å². The Morgan fingerprint density at radius 2 is 1.97 bits per heavy atom. The van der Waals surface area contributed by atoms with E-state index in [2.05, 4.69) is 4.72 Å². The summed E-state index contributed by atoms with van der Waals surface area (Å²) >= 11 is 7.12. The number of ether oxygens (including phenoxy) is 1. The SMILES string of the molecule is CN1CCC(Oc2cc(NS(=O)(=O)c3cc(-c4cccc(N)c4)c(Cl)s3)ccc2C(F)(F)F)C1. The van der Waals surface area contributed by atoms with Gasteiger partial charge in [-0.1, -0.05) is 23.7 Å². The molecular formula is C22H21ClF3N3O3S2. The molecule has 1 saturated heterocycles. The topological polar surface area (TPSA) is 84.7 Å². The Kier molecular flexibility index (Phi) is 6.74. The minimum Gasteiger partial charge on any atom is -0.488 e. The molecule has 1 aliphatic rings. The van der Waals surface area contributed by atoms with Crippen molar-refractivity contribution < 1.29 is 26.3 Å². The van der Waals surface area contributed by atoms with Crippen molar-refractivity contribution in [2.45, 2.75) is 22.9 Å². The van der Waals surface area contributed by atoms with Crippen LogP contribution >= 0.6 is 22.9 Å². The van der Waals surface area contributed by atoms with Crippen LogP contribution in [0.4, 0.5) is 24.5 Å². The van der Waals surface area contributed by atoms with Crippen molar-refractivity contribution in [1.29, 1.82) is 0 Å². The summed E-state index contributed by atoms with van der Waals surface area (Å²) in [7, 11) is -2.28. The highest BCUT2D eigenvalue weighted by atomic mass is 35.5. The van der Waals surface area contributed by atoms with Crippen LogP contribution in [-0.2, 0) is 16.2 Å². The number of halogens is 4. The summed E-state index contributed by atoms with van der Waals surface area (Å²) in [5.74, 6) is -0.419. The molecule has 2 heterocycles. The lowest BCUT2D eigenvalue weighted by molar-refractivity contribution is -0.139. The number of nitrogens with two attached hydrogens (primary N) is 1. The molecule has 0 spiro atoms. The van der Waals surface area contributed by atoms with Gasteiger partial charge in [-0.2, -0.15) is 13.2 Å². The smallest absolute Gasteiger partial charge is 0.419 e. The number of benzene rings is 2. The van der Waals surface area contributed by atoms with E-state index >= 15 is 0 Å². The number of alkyl halides is 3. The summed E-state index contributed by atoms with van der Waals surface area (Å²) in [6.07, 6.45) is -4.50. The Labute approximate surface area is 204 Å². The average molecular weight is 532 g/mol. The third-order valence-corrected chi connectivity index (χ3v) is 8.52. The molecule has 0 amide bonds. The predicted molar refractivity (Wildman–Crippen MR) is 128 cm³/mol. The number of likely N-dealkylation sites (tertiary alicyclic amines) is 1.